The topological polar surface area (TPSA) is 75.4 Å². The molecule has 0 bridgehead atoms. The van der Waals surface area contributed by atoms with E-state index < -0.39 is 11.9 Å². The van der Waals surface area contributed by atoms with Gasteiger partial charge in [-0.1, -0.05) is 35.9 Å². The van der Waals surface area contributed by atoms with Gasteiger partial charge in [0, 0.05) is 17.3 Å². The fourth-order valence-corrected chi connectivity index (χ4v) is 3.39. The molecule has 1 aliphatic rings. The van der Waals surface area contributed by atoms with E-state index in [0.29, 0.717) is 23.7 Å². The third kappa shape index (κ3) is 4.00. The first-order valence-electron chi connectivity index (χ1n) is 8.10. The molecule has 0 aromatic heterocycles. The second-order valence-electron chi connectivity index (χ2n) is 6.30. The van der Waals surface area contributed by atoms with E-state index in [4.69, 9.17) is 17.3 Å². The van der Waals surface area contributed by atoms with Crippen molar-refractivity contribution in [2.75, 3.05) is 11.9 Å². The van der Waals surface area contributed by atoms with Crippen LogP contribution in [0.15, 0.2) is 42.5 Å². The van der Waals surface area contributed by atoms with E-state index >= 15 is 0 Å². The van der Waals surface area contributed by atoms with Crippen molar-refractivity contribution in [1.82, 2.24) is 4.90 Å². The number of halogens is 1. The molecule has 0 radical (unpaired) electrons. The van der Waals surface area contributed by atoms with Gasteiger partial charge in [-0.15, -0.1) is 0 Å². The maximum absolute atomic E-state index is 12.5. The Morgan fingerprint density at radius 2 is 1.96 bits per heavy atom. The third-order valence-electron chi connectivity index (χ3n) is 4.48. The van der Waals surface area contributed by atoms with Crippen LogP contribution < -0.4 is 11.1 Å². The molecule has 25 heavy (non-hydrogen) atoms. The molecule has 1 heterocycles. The summed E-state index contributed by atoms with van der Waals surface area (Å²) in [6.07, 6.45) is 0.527. The molecule has 3 rings (SSSR count). The van der Waals surface area contributed by atoms with Gasteiger partial charge >= 0.3 is 0 Å². The number of fused-ring (bicyclic) bond motifs is 1. The Balaban J connectivity index is 1.74. The first-order chi connectivity index (χ1) is 11.9. The van der Waals surface area contributed by atoms with Gasteiger partial charge in [0.1, 0.15) is 0 Å². The average molecular weight is 358 g/mol. The zero-order valence-corrected chi connectivity index (χ0v) is 14.7. The molecule has 0 spiro atoms. The number of carbonyl (C=O) groups excluding carboxylic acids is 2. The van der Waals surface area contributed by atoms with Crippen LogP contribution in [0, 0.1) is 6.92 Å². The molecule has 3 N–H and O–H groups in total. The number of amides is 2. The number of hydrogen-bond donors (Lipinski definition) is 2. The van der Waals surface area contributed by atoms with Gasteiger partial charge in [0.25, 0.3) is 0 Å². The van der Waals surface area contributed by atoms with Crippen molar-refractivity contribution in [2.45, 2.75) is 25.9 Å². The maximum Gasteiger partial charge on any atom is 0.238 e. The van der Waals surface area contributed by atoms with Crippen LogP contribution in [0.2, 0.25) is 5.02 Å². The summed E-state index contributed by atoms with van der Waals surface area (Å²) >= 11 is 5.94. The highest BCUT2D eigenvalue weighted by molar-refractivity contribution is 6.30. The summed E-state index contributed by atoms with van der Waals surface area (Å²) in [6, 6.07) is 12.7. The van der Waals surface area contributed by atoms with Crippen LogP contribution in [-0.4, -0.2) is 29.3 Å². The summed E-state index contributed by atoms with van der Waals surface area (Å²) in [5.41, 5.74) is 9.38. The first kappa shape index (κ1) is 17.5. The summed E-state index contributed by atoms with van der Waals surface area (Å²) in [7, 11) is 0. The molecule has 0 unspecified atom stereocenters. The Hall–Kier alpha value is -2.37. The number of hydrogen-bond acceptors (Lipinski definition) is 3. The zero-order chi connectivity index (χ0) is 18.0. The van der Waals surface area contributed by atoms with Crippen LogP contribution in [0.3, 0.4) is 0 Å². The van der Waals surface area contributed by atoms with E-state index in [1.807, 2.05) is 36.1 Å². The lowest BCUT2D eigenvalue weighted by molar-refractivity contribution is -0.125. The fourth-order valence-electron chi connectivity index (χ4n) is 3.17. The fraction of sp³-hybridized carbons (Fsp3) is 0.263. The Morgan fingerprint density at radius 3 is 2.64 bits per heavy atom. The summed E-state index contributed by atoms with van der Waals surface area (Å²) in [5.74, 6) is -0.596. The standard InChI is InChI=1S/C19H20ClN3O2/c1-12-8-15(20)6-7-16(12)22-18(24)11-23-10-14-5-3-2-4-13(14)9-17(23)19(21)25/h2-8,17H,9-11H2,1H3,(H2,21,25)(H,22,24)/t17-/m0/s1. The van der Waals surface area contributed by atoms with Gasteiger partial charge in [-0.2, -0.15) is 0 Å². The van der Waals surface area contributed by atoms with Gasteiger partial charge in [0.05, 0.1) is 12.6 Å². The molecule has 0 aliphatic carbocycles. The Morgan fingerprint density at radius 1 is 1.24 bits per heavy atom. The first-order valence-corrected chi connectivity index (χ1v) is 8.48. The molecule has 6 heteroatoms. The van der Waals surface area contributed by atoms with Crippen molar-refractivity contribution in [1.29, 1.82) is 0 Å². The van der Waals surface area contributed by atoms with Crippen LogP contribution >= 0.6 is 11.6 Å². The van der Waals surface area contributed by atoms with E-state index in [0.717, 1.165) is 16.7 Å². The zero-order valence-electron chi connectivity index (χ0n) is 14.0. The number of nitrogens with one attached hydrogen (secondary N) is 1. The summed E-state index contributed by atoms with van der Waals surface area (Å²) < 4.78 is 0. The Kier molecular flexibility index (Phi) is 5.06. The highest BCUT2D eigenvalue weighted by Gasteiger charge is 2.31. The minimum atomic E-state index is -0.480. The van der Waals surface area contributed by atoms with Crippen molar-refractivity contribution in [3.8, 4) is 0 Å². The number of nitrogens with two attached hydrogens (primary N) is 1. The van der Waals surface area contributed by atoms with Gasteiger partial charge in [-0.25, -0.2) is 0 Å². The van der Waals surface area contributed by atoms with Gasteiger partial charge in [0.2, 0.25) is 11.8 Å². The third-order valence-corrected chi connectivity index (χ3v) is 4.72. The number of carbonyl (C=O) groups is 2. The molecular weight excluding hydrogens is 338 g/mol. The molecule has 0 saturated carbocycles. The lowest BCUT2D eigenvalue weighted by Crippen LogP contribution is -2.50. The molecular formula is C19H20ClN3O2. The van der Waals surface area contributed by atoms with E-state index in [9.17, 15) is 9.59 Å². The quantitative estimate of drug-likeness (QED) is 0.882. The minimum absolute atomic E-state index is 0.101. The Labute approximate surface area is 151 Å². The van der Waals surface area contributed by atoms with Gasteiger partial charge in [0.15, 0.2) is 0 Å². The summed E-state index contributed by atoms with van der Waals surface area (Å²) in [4.78, 5) is 26.1. The maximum atomic E-state index is 12.5. The molecule has 2 aromatic carbocycles. The van der Waals surface area contributed by atoms with Crippen LogP contribution in [0.4, 0.5) is 5.69 Å². The van der Waals surface area contributed by atoms with E-state index in [1.165, 1.54) is 0 Å². The number of benzene rings is 2. The summed E-state index contributed by atoms with van der Waals surface area (Å²) in [6.45, 7) is 2.51. The molecule has 1 atom stereocenters. The molecule has 2 aromatic rings. The van der Waals surface area contributed by atoms with Crippen molar-refractivity contribution < 1.29 is 9.59 Å². The van der Waals surface area contributed by atoms with E-state index in [1.54, 1.807) is 18.2 Å². The van der Waals surface area contributed by atoms with Gasteiger partial charge < -0.3 is 11.1 Å². The Bertz CT molecular complexity index is 822. The largest absolute Gasteiger partial charge is 0.368 e. The smallest absolute Gasteiger partial charge is 0.238 e. The van der Waals surface area contributed by atoms with E-state index in [2.05, 4.69) is 5.32 Å². The molecule has 5 nitrogen and oxygen atoms in total. The number of aryl methyl sites for hydroxylation is 1. The van der Waals surface area contributed by atoms with Crippen LogP contribution in [0.5, 0.6) is 0 Å². The molecule has 1 aliphatic heterocycles. The number of primary amides is 1. The van der Waals surface area contributed by atoms with Crippen LogP contribution in [-0.2, 0) is 22.6 Å². The SMILES string of the molecule is Cc1cc(Cl)ccc1NC(=O)CN1Cc2ccccc2C[C@H]1C(N)=O. The second kappa shape index (κ2) is 7.25. The minimum Gasteiger partial charge on any atom is -0.368 e. The van der Waals surface area contributed by atoms with Crippen molar-refractivity contribution >= 4 is 29.1 Å². The predicted molar refractivity (Wildman–Crippen MR) is 98.4 cm³/mol. The number of rotatable bonds is 4. The average Bonchev–Trinajstić information content (AvgIpc) is 2.56. The molecule has 0 saturated heterocycles. The van der Waals surface area contributed by atoms with Gasteiger partial charge in [-0.3, -0.25) is 14.5 Å². The lowest BCUT2D eigenvalue weighted by atomic mass is 9.93. The van der Waals surface area contributed by atoms with Crippen LogP contribution in [0.25, 0.3) is 0 Å². The molecule has 2 amide bonds. The molecule has 0 fully saturated rings. The van der Waals surface area contributed by atoms with E-state index in [-0.39, 0.29) is 12.5 Å². The van der Waals surface area contributed by atoms with Gasteiger partial charge in [-0.05, 0) is 48.2 Å². The van der Waals surface area contributed by atoms with Crippen molar-refractivity contribution in [2.24, 2.45) is 5.73 Å². The molecule has 130 valence electrons. The second-order valence-corrected chi connectivity index (χ2v) is 6.74. The monoisotopic (exact) mass is 357 g/mol. The highest BCUT2D eigenvalue weighted by atomic mass is 35.5. The van der Waals surface area contributed by atoms with Crippen molar-refractivity contribution in [3.63, 3.8) is 0 Å². The summed E-state index contributed by atoms with van der Waals surface area (Å²) in [5, 5.41) is 3.50. The lowest BCUT2D eigenvalue weighted by Gasteiger charge is -2.34. The predicted octanol–water partition coefficient (Wildman–Crippen LogP) is 2.50. The van der Waals surface area contributed by atoms with Crippen LogP contribution in [0.1, 0.15) is 16.7 Å². The highest BCUT2D eigenvalue weighted by Crippen LogP contribution is 2.24. The van der Waals surface area contributed by atoms with Crippen molar-refractivity contribution in [3.05, 3.63) is 64.2 Å². The number of anilines is 1. The normalized spacial score (nSPS) is 17.0. The number of nitrogens with zero attached hydrogens (tertiary/aromatic N) is 1.